The minimum absolute atomic E-state index is 0.0559. The van der Waals surface area contributed by atoms with Gasteiger partial charge in [-0.2, -0.15) is 5.10 Å². The Bertz CT molecular complexity index is 1070. The van der Waals surface area contributed by atoms with Crippen molar-refractivity contribution in [1.82, 2.24) is 25.0 Å². The van der Waals surface area contributed by atoms with Crippen molar-refractivity contribution in [3.63, 3.8) is 0 Å². The zero-order valence-corrected chi connectivity index (χ0v) is 19.5. The minimum atomic E-state index is -0.0891. The van der Waals surface area contributed by atoms with Crippen LogP contribution in [-0.4, -0.2) is 64.7 Å². The molecule has 1 aliphatic heterocycles. The predicted molar refractivity (Wildman–Crippen MR) is 125 cm³/mol. The number of benzene rings is 2. The van der Waals surface area contributed by atoms with Gasteiger partial charge in [0.1, 0.15) is 17.3 Å². The molecule has 1 amide bonds. The van der Waals surface area contributed by atoms with E-state index in [1.807, 2.05) is 36.1 Å². The molecular formula is C25H31N5O3. The van der Waals surface area contributed by atoms with Crippen molar-refractivity contribution in [3.8, 4) is 11.5 Å². The number of aromatic nitrogens is 3. The number of ether oxygens (including phenoxy) is 2. The predicted octanol–water partition coefficient (Wildman–Crippen LogP) is 3.15. The van der Waals surface area contributed by atoms with Gasteiger partial charge in [-0.1, -0.05) is 30.3 Å². The maximum Gasteiger partial charge on any atom is 0.227 e. The van der Waals surface area contributed by atoms with Crippen LogP contribution in [0, 0.1) is 6.92 Å². The number of H-pyrrole nitrogens is 1. The second-order valence-electron chi connectivity index (χ2n) is 8.30. The Hall–Kier alpha value is -3.39. The summed E-state index contributed by atoms with van der Waals surface area (Å²) in [6, 6.07) is 15.8. The van der Waals surface area contributed by atoms with Crippen LogP contribution in [0.1, 0.15) is 35.2 Å². The number of amides is 1. The molecule has 0 aliphatic carbocycles. The van der Waals surface area contributed by atoms with E-state index in [0.717, 1.165) is 36.7 Å². The van der Waals surface area contributed by atoms with Gasteiger partial charge in [0.05, 0.1) is 26.7 Å². The molecule has 0 radical (unpaired) electrons. The topological polar surface area (TPSA) is 83.6 Å². The second-order valence-corrected chi connectivity index (χ2v) is 8.30. The van der Waals surface area contributed by atoms with Crippen molar-refractivity contribution in [3.05, 3.63) is 71.3 Å². The van der Waals surface area contributed by atoms with Crippen LogP contribution >= 0.6 is 0 Å². The molecule has 4 rings (SSSR count). The molecule has 1 aromatic heterocycles. The monoisotopic (exact) mass is 449 g/mol. The lowest BCUT2D eigenvalue weighted by Gasteiger charge is -2.30. The summed E-state index contributed by atoms with van der Waals surface area (Å²) >= 11 is 0. The fraction of sp³-hybridized carbons (Fsp3) is 0.400. The number of nitrogens with zero attached hydrogens (tertiary/aromatic N) is 4. The Morgan fingerprint density at radius 2 is 1.94 bits per heavy atom. The Labute approximate surface area is 194 Å². The van der Waals surface area contributed by atoms with Crippen LogP contribution in [0.2, 0.25) is 0 Å². The van der Waals surface area contributed by atoms with Gasteiger partial charge in [0, 0.05) is 31.7 Å². The molecule has 0 saturated carbocycles. The average Bonchev–Trinajstić information content (AvgIpc) is 3.15. The molecule has 8 heteroatoms. The molecule has 33 heavy (non-hydrogen) atoms. The van der Waals surface area contributed by atoms with Gasteiger partial charge in [-0.15, -0.1) is 0 Å². The third-order valence-electron chi connectivity index (χ3n) is 6.03. The third-order valence-corrected chi connectivity index (χ3v) is 6.03. The van der Waals surface area contributed by atoms with Crippen LogP contribution in [0.15, 0.2) is 48.5 Å². The van der Waals surface area contributed by atoms with E-state index >= 15 is 0 Å². The highest BCUT2D eigenvalue weighted by Gasteiger charge is 2.31. The number of hydrogen-bond donors (Lipinski definition) is 1. The van der Waals surface area contributed by atoms with Gasteiger partial charge < -0.3 is 14.4 Å². The summed E-state index contributed by atoms with van der Waals surface area (Å²) in [6.07, 6.45) is 1.13. The Morgan fingerprint density at radius 1 is 1.12 bits per heavy atom. The smallest absolute Gasteiger partial charge is 0.227 e. The SMILES string of the molecule is COc1ccc(OC)c(CC(=O)N2CCCN(Cc3ccccc3)C(c3n[nH]c(C)n3)C2)c1. The average molecular weight is 450 g/mol. The Morgan fingerprint density at radius 3 is 2.64 bits per heavy atom. The van der Waals surface area contributed by atoms with E-state index in [9.17, 15) is 4.79 Å². The molecule has 3 aromatic rings. The van der Waals surface area contributed by atoms with Crippen molar-refractivity contribution in [2.45, 2.75) is 32.4 Å². The van der Waals surface area contributed by atoms with Gasteiger partial charge in [0.15, 0.2) is 5.82 Å². The van der Waals surface area contributed by atoms with Crippen molar-refractivity contribution >= 4 is 5.91 Å². The standard InChI is InChI=1S/C25H31N5O3/c1-18-26-25(28-27-18)22-17-30(13-7-12-29(22)16-19-8-5-4-6-9-19)24(31)15-20-14-21(32-2)10-11-23(20)33-3/h4-6,8-11,14,22H,7,12-13,15-17H2,1-3H3,(H,26,27,28). The fourth-order valence-corrected chi connectivity index (χ4v) is 4.32. The van der Waals surface area contributed by atoms with Gasteiger partial charge in [-0.3, -0.25) is 14.8 Å². The lowest BCUT2D eigenvalue weighted by molar-refractivity contribution is -0.130. The van der Waals surface area contributed by atoms with E-state index in [1.165, 1.54) is 5.56 Å². The third kappa shape index (κ3) is 5.51. The number of aromatic amines is 1. The molecule has 1 fully saturated rings. The molecule has 0 spiro atoms. The molecule has 1 N–H and O–H groups in total. The lowest BCUT2D eigenvalue weighted by atomic mass is 10.1. The van der Waals surface area contributed by atoms with Crippen LogP contribution in [0.25, 0.3) is 0 Å². The number of rotatable bonds is 7. The van der Waals surface area contributed by atoms with E-state index in [4.69, 9.17) is 9.47 Å². The molecular weight excluding hydrogens is 418 g/mol. The van der Waals surface area contributed by atoms with Crippen molar-refractivity contribution in [1.29, 1.82) is 0 Å². The number of hydrogen-bond acceptors (Lipinski definition) is 6. The summed E-state index contributed by atoms with van der Waals surface area (Å²) < 4.78 is 10.8. The van der Waals surface area contributed by atoms with Crippen LogP contribution in [-0.2, 0) is 17.8 Å². The van der Waals surface area contributed by atoms with Gasteiger partial charge in [-0.25, -0.2) is 4.98 Å². The molecule has 1 aliphatic rings. The second kappa shape index (κ2) is 10.5. The van der Waals surface area contributed by atoms with Crippen molar-refractivity contribution < 1.29 is 14.3 Å². The first kappa shape index (κ1) is 22.8. The zero-order chi connectivity index (χ0) is 23.2. The maximum absolute atomic E-state index is 13.4. The van der Waals surface area contributed by atoms with Gasteiger partial charge in [0.2, 0.25) is 5.91 Å². The molecule has 2 aromatic carbocycles. The summed E-state index contributed by atoms with van der Waals surface area (Å²) in [5, 5.41) is 7.41. The molecule has 2 heterocycles. The minimum Gasteiger partial charge on any atom is -0.497 e. The fourth-order valence-electron chi connectivity index (χ4n) is 4.32. The summed E-state index contributed by atoms with van der Waals surface area (Å²) in [5.41, 5.74) is 2.05. The van der Waals surface area contributed by atoms with Gasteiger partial charge >= 0.3 is 0 Å². The zero-order valence-electron chi connectivity index (χ0n) is 19.5. The summed E-state index contributed by atoms with van der Waals surface area (Å²) in [7, 11) is 3.23. The molecule has 0 bridgehead atoms. The van der Waals surface area contributed by atoms with E-state index in [1.54, 1.807) is 14.2 Å². The number of nitrogens with one attached hydrogen (secondary N) is 1. The van der Waals surface area contributed by atoms with E-state index in [-0.39, 0.29) is 18.4 Å². The highest BCUT2D eigenvalue weighted by atomic mass is 16.5. The van der Waals surface area contributed by atoms with E-state index < -0.39 is 0 Å². The van der Waals surface area contributed by atoms with Crippen LogP contribution in [0.4, 0.5) is 0 Å². The number of methoxy groups -OCH3 is 2. The molecule has 174 valence electrons. The quantitative estimate of drug-likeness (QED) is 0.597. The summed E-state index contributed by atoms with van der Waals surface area (Å²) in [6.45, 7) is 4.77. The van der Waals surface area contributed by atoms with Gasteiger partial charge in [-0.05, 0) is 37.1 Å². The van der Waals surface area contributed by atoms with Crippen LogP contribution in [0.3, 0.4) is 0 Å². The van der Waals surface area contributed by atoms with Crippen LogP contribution in [0.5, 0.6) is 11.5 Å². The summed E-state index contributed by atoms with van der Waals surface area (Å²) in [5.74, 6) is 2.94. The number of carbonyl (C=O) groups excluding carboxylic acids is 1. The van der Waals surface area contributed by atoms with E-state index in [2.05, 4.69) is 44.3 Å². The summed E-state index contributed by atoms with van der Waals surface area (Å²) in [4.78, 5) is 22.3. The highest BCUT2D eigenvalue weighted by Crippen LogP contribution is 2.28. The number of carbonyl (C=O) groups is 1. The largest absolute Gasteiger partial charge is 0.497 e. The maximum atomic E-state index is 13.4. The van der Waals surface area contributed by atoms with Crippen molar-refractivity contribution in [2.24, 2.45) is 0 Å². The molecule has 1 saturated heterocycles. The first-order valence-electron chi connectivity index (χ1n) is 11.2. The molecule has 1 atom stereocenters. The number of aryl methyl sites for hydroxylation is 1. The van der Waals surface area contributed by atoms with Crippen LogP contribution < -0.4 is 9.47 Å². The molecule has 1 unspecified atom stereocenters. The van der Waals surface area contributed by atoms with Gasteiger partial charge in [0.25, 0.3) is 0 Å². The highest BCUT2D eigenvalue weighted by molar-refractivity contribution is 5.79. The normalized spacial score (nSPS) is 16.9. The Kier molecular flexibility index (Phi) is 7.24. The van der Waals surface area contributed by atoms with Crippen molar-refractivity contribution in [2.75, 3.05) is 33.9 Å². The lowest BCUT2D eigenvalue weighted by Crippen LogP contribution is -2.38. The Balaban J connectivity index is 1.56. The van der Waals surface area contributed by atoms with E-state index in [0.29, 0.717) is 24.6 Å². The molecule has 8 nitrogen and oxygen atoms in total. The first-order chi connectivity index (χ1) is 16.1. The first-order valence-corrected chi connectivity index (χ1v) is 11.2.